The van der Waals surface area contributed by atoms with Gasteiger partial charge in [-0.1, -0.05) is 48.0 Å². The molecule has 3 aromatic rings. The van der Waals surface area contributed by atoms with Crippen LogP contribution in [0.5, 0.6) is 0 Å². The lowest BCUT2D eigenvalue weighted by atomic mass is 10.1. The topological polar surface area (TPSA) is 53.5 Å². The van der Waals surface area contributed by atoms with Gasteiger partial charge in [-0.3, -0.25) is 9.59 Å². The highest BCUT2D eigenvalue weighted by Crippen LogP contribution is 2.29. The fourth-order valence-corrected chi connectivity index (χ4v) is 4.65. The van der Waals surface area contributed by atoms with Gasteiger partial charge in [0.2, 0.25) is 5.91 Å². The number of carbonyl (C=O) groups excluding carboxylic acids is 2. The smallest absolute Gasteiger partial charge is 0.253 e. The van der Waals surface area contributed by atoms with E-state index in [1.807, 2.05) is 47.1 Å². The first-order valence-corrected chi connectivity index (χ1v) is 11.0. The molecule has 154 valence electrons. The number of piperazine rings is 1. The average Bonchev–Trinajstić information content (AvgIpc) is 3.14. The van der Waals surface area contributed by atoms with Crippen molar-refractivity contribution in [2.75, 3.05) is 26.2 Å². The Hall–Kier alpha value is -2.99. The van der Waals surface area contributed by atoms with Crippen LogP contribution < -0.4 is 0 Å². The van der Waals surface area contributed by atoms with Crippen LogP contribution in [-0.2, 0) is 11.2 Å². The number of carbonyl (C=O) groups is 2. The van der Waals surface area contributed by atoms with E-state index in [2.05, 4.69) is 36.2 Å². The fraction of sp³-hybridized carbons (Fsp3) is 0.292. The first-order chi connectivity index (χ1) is 14.5. The molecule has 0 bridgehead atoms. The molecule has 0 N–H and O–H groups in total. The van der Waals surface area contributed by atoms with E-state index >= 15 is 0 Å². The van der Waals surface area contributed by atoms with E-state index in [0.29, 0.717) is 38.2 Å². The van der Waals surface area contributed by atoms with Crippen LogP contribution in [0.1, 0.15) is 25.8 Å². The largest absolute Gasteiger partial charge is 0.339 e. The lowest BCUT2D eigenvalue weighted by Gasteiger charge is -2.34. The van der Waals surface area contributed by atoms with E-state index in [4.69, 9.17) is 0 Å². The second-order valence-corrected chi connectivity index (χ2v) is 8.87. The average molecular weight is 420 g/mol. The summed E-state index contributed by atoms with van der Waals surface area (Å²) < 4.78 is 0. The Morgan fingerprint density at radius 3 is 2.20 bits per heavy atom. The molecule has 0 radical (unpaired) electrons. The van der Waals surface area contributed by atoms with Crippen LogP contribution in [0, 0.1) is 13.8 Å². The Balaban J connectivity index is 1.40. The minimum Gasteiger partial charge on any atom is -0.339 e. The van der Waals surface area contributed by atoms with Gasteiger partial charge in [-0.15, -0.1) is 11.3 Å². The number of benzene rings is 2. The van der Waals surface area contributed by atoms with Gasteiger partial charge >= 0.3 is 0 Å². The summed E-state index contributed by atoms with van der Waals surface area (Å²) in [6.45, 7) is 6.29. The third kappa shape index (κ3) is 4.44. The molecule has 0 unspecified atom stereocenters. The highest BCUT2D eigenvalue weighted by Gasteiger charge is 2.26. The van der Waals surface area contributed by atoms with Crippen molar-refractivity contribution in [2.24, 2.45) is 0 Å². The zero-order valence-electron chi connectivity index (χ0n) is 17.3. The van der Waals surface area contributed by atoms with Gasteiger partial charge in [0.25, 0.3) is 5.91 Å². The lowest BCUT2D eigenvalue weighted by Crippen LogP contribution is -2.51. The molecule has 1 fully saturated rings. The molecule has 1 aromatic heterocycles. The summed E-state index contributed by atoms with van der Waals surface area (Å²) >= 11 is 1.59. The summed E-state index contributed by atoms with van der Waals surface area (Å²) in [4.78, 5) is 34.9. The van der Waals surface area contributed by atoms with Gasteiger partial charge in [0.05, 0.1) is 17.1 Å². The van der Waals surface area contributed by atoms with Crippen molar-refractivity contribution in [3.63, 3.8) is 0 Å². The van der Waals surface area contributed by atoms with Gasteiger partial charge in [-0.2, -0.15) is 0 Å². The number of thiazole rings is 1. The minimum atomic E-state index is 0.0300. The Morgan fingerprint density at radius 2 is 1.53 bits per heavy atom. The van der Waals surface area contributed by atoms with Crippen molar-refractivity contribution >= 4 is 23.2 Å². The molecule has 2 heterocycles. The van der Waals surface area contributed by atoms with Crippen molar-refractivity contribution in [3.05, 3.63) is 75.6 Å². The predicted octanol–water partition coefficient (Wildman–Crippen LogP) is 3.95. The molecule has 0 atom stereocenters. The van der Waals surface area contributed by atoms with Crippen molar-refractivity contribution in [1.82, 2.24) is 14.8 Å². The number of nitrogens with zero attached hydrogens (tertiary/aromatic N) is 3. The number of aromatic nitrogens is 1. The fourth-order valence-electron chi connectivity index (χ4n) is 3.70. The van der Waals surface area contributed by atoms with Gasteiger partial charge in [0.1, 0.15) is 0 Å². The molecule has 1 aliphatic rings. The van der Waals surface area contributed by atoms with Crippen molar-refractivity contribution in [1.29, 1.82) is 0 Å². The highest BCUT2D eigenvalue weighted by molar-refractivity contribution is 7.12. The zero-order chi connectivity index (χ0) is 21.1. The minimum absolute atomic E-state index is 0.0300. The molecule has 4 rings (SSSR count). The maximum atomic E-state index is 13.0. The Morgan fingerprint density at radius 1 is 0.900 bits per heavy atom. The van der Waals surface area contributed by atoms with Crippen LogP contribution in [0.15, 0.2) is 54.6 Å². The van der Waals surface area contributed by atoms with Gasteiger partial charge in [-0.25, -0.2) is 4.98 Å². The SMILES string of the molecule is Cc1ccc(-c2nc(C)sc2CC(=O)N2CCN(C(=O)c3ccccc3)CC2)cc1. The quantitative estimate of drug-likeness (QED) is 0.643. The van der Waals surface area contributed by atoms with Gasteiger partial charge in [0, 0.05) is 42.2 Å². The van der Waals surface area contributed by atoms with E-state index in [1.54, 1.807) is 11.3 Å². The van der Waals surface area contributed by atoms with Crippen molar-refractivity contribution < 1.29 is 9.59 Å². The molecular weight excluding hydrogens is 394 g/mol. The van der Waals surface area contributed by atoms with E-state index < -0.39 is 0 Å². The molecule has 0 saturated carbocycles. The molecule has 5 nitrogen and oxygen atoms in total. The second kappa shape index (κ2) is 8.79. The summed E-state index contributed by atoms with van der Waals surface area (Å²) in [5, 5.41) is 0.964. The molecular formula is C24H25N3O2S. The van der Waals surface area contributed by atoms with Crippen LogP contribution in [0.3, 0.4) is 0 Å². The maximum absolute atomic E-state index is 13.0. The standard InChI is InChI=1S/C24H25N3O2S/c1-17-8-10-19(11-9-17)23-21(30-18(2)25-23)16-22(28)26-12-14-27(15-13-26)24(29)20-6-4-3-5-7-20/h3-11H,12-16H2,1-2H3. The first-order valence-electron chi connectivity index (χ1n) is 10.2. The molecule has 1 aliphatic heterocycles. The van der Waals surface area contributed by atoms with Crippen molar-refractivity contribution in [3.8, 4) is 11.3 Å². The summed E-state index contributed by atoms with van der Waals surface area (Å²) in [5.41, 5.74) is 3.85. The number of amides is 2. The highest BCUT2D eigenvalue weighted by atomic mass is 32.1. The second-order valence-electron chi connectivity index (χ2n) is 7.59. The van der Waals surface area contributed by atoms with E-state index in [1.165, 1.54) is 5.56 Å². The van der Waals surface area contributed by atoms with Crippen LogP contribution in [0.2, 0.25) is 0 Å². The lowest BCUT2D eigenvalue weighted by molar-refractivity contribution is -0.131. The van der Waals surface area contributed by atoms with E-state index in [-0.39, 0.29) is 11.8 Å². The molecule has 2 aromatic carbocycles. The predicted molar refractivity (Wildman–Crippen MR) is 120 cm³/mol. The van der Waals surface area contributed by atoms with E-state index in [9.17, 15) is 9.59 Å². The van der Waals surface area contributed by atoms with Gasteiger partial charge < -0.3 is 9.80 Å². The maximum Gasteiger partial charge on any atom is 0.253 e. The van der Waals surface area contributed by atoms with Crippen molar-refractivity contribution in [2.45, 2.75) is 20.3 Å². The number of hydrogen-bond acceptors (Lipinski definition) is 4. The number of rotatable bonds is 4. The molecule has 0 aliphatic carbocycles. The van der Waals surface area contributed by atoms with E-state index in [0.717, 1.165) is 21.1 Å². The molecule has 2 amide bonds. The number of hydrogen-bond donors (Lipinski definition) is 0. The first kappa shape index (κ1) is 20.3. The number of aryl methyl sites for hydroxylation is 2. The van der Waals surface area contributed by atoms with Crippen LogP contribution in [0.25, 0.3) is 11.3 Å². The van der Waals surface area contributed by atoms with Crippen LogP contribution in [-0.4, -0.2) is 52.8 Å². The third-order valence-corrected chi connectivity index (χ3v) is 6.35. The monoisotopic (exact) mass is 419 g/mol. The summed E-state index contributed by atoms with van der Waals surface area (Å²) in [6, 6.07) is 17.6. The van der Waals surface area contributed by atoms with Crippen LogP contribution in [0.4, 0.5) is 0 Å². The van der Waals surface area contributed by atoms with Gasteiger partial charge in [-0.05, 0) is 26.0 Å². The zero-order valence-corrected chi connectivity index (χ0v) is 18.1. The summed E-state index contributed by atoms with van der Waals surface area (Å²) in [7, 11) is 0. The summed E-state index contributed by atoms with van der Waals surface area (Å²) in [6.07, 6.45) is 0.349. The normalized spacial score (nSPS) is 14.1. The van der Waals surface area contributed by atoms with Gasteiger partial charge in [0.15, 0.2) is 0 Å². The summed E-state index contributed by atoms with van der Waals surface area (Å²) in [5.74, 6) is 0.126. The molecule has 1 saturated heterocycles. The Bertz CT molecular complexity index is 1040. The molecule has 6 heteroatoms. The van der Waals surface area contributed by atoms with Crippen LogP contribution >= 0.6 is 11.3 Å². The Labute approximate surface area is 181 Å². The third-order valence-electron chi connectivity index (χ3n) is 5.38. The molecule has 30 heavy (non-hydrogen) atoms. The Kier molecular flexibility index (Phi) is 5.95. The molecule has 0 spiro atoms.